The minimum atomic E-state index is -1.04. The molecule has 0 aliphatic rings. The normalized spacial score (nSPS) is 11.4. The maximum Gasteiger partial charge on any atom is 0.333 e. The first-order chi connectivity index (χ1) is 13.9. The van der Waals surface area contributed by atoms with Crippen molar-refractivity contribution in [3.05, 3.63) is 65.0 Å². The number of nitrogens with zero attached hydrogens (tertiary/aromatic N) is 3. The molecule has 0 fully saturated rings. The molecule has 6 heteroatoms. The van der Waals surface area contributed by atoms with E-state index in [-0.39, 0.29) is 17.9 Å². The van der Waals surface area contributed by atoms with Gasteiger partial charge in [-0.25, -0.2) is 4.79 Å². The number of carbonyl (C=O) groups is 2. The standard InChI is InChI=1S/C23H25N3O3/c1-4-5-10-22(26(3)16(2)27)20(23(28)29)13-17-11-12-21(25-15-17)19-9-7-6-8-18(19)14-24/h6-9,11-12,15H,4-5,10,13H2,1-3H3,(H,28,29). The summed E-state index contributed by atoms with van der Waals surface area (Å²) >= 11 is 0. The van der Waals surface area contributed by atoms with Crippen LogP contribution in [0.5, 0.6) is 0 Å². The molecule has 0 radical (unpaired) electrons. The summed E-state index contributed by atoms with van der Waals surface area (Å²) in [5.74, 6) is -1.24. The van der Waals surface area contributed by atoms with Gasteiger partial charge in [-0.05, 0) is 30.5 Å². The Hall–Kier alpha value is -3.46. The van der Waals surface area contributed by atoms with Gasteiger partial charge in [-0.3, -0.25) is 9.78 Å². The van der Waals surface area contributed by atoms with Gasteiger partial charge < -0.3 is 10.0 Å². The Labute approximate surface area is 171 Å². The van der Waals surface area contributed by atoms with E-state index in [0.29, 0.717) is 23.4 Å². The van der Waals surface area contributed by atoms with Crippen LogP contribution in [0.3, 0.4) is 0 Å². The number of carboxylic acids is 1. The molecule has 0 saturated heterocycles. The highest BCUT2D eigenvalue weighted by Gasteiger charge is 2.20. The molecule has 1 aromatic heterocycles. The lowest BCUT2D eigenvalue weighted by Crippen LogP contribution is -2.27. The van der Waals surface area contributed by atoms with Gasteiger partial charge >= 0.3 is 5.97 Å². The number of unbranched alkanes of at least 4 members (excludes halogenated alkanes) is 1. The Morgan fingerprint density at radius 1 is 1.21 bits per heavy atom. The number of hydrogen-bond donors (Lipinski definition) is 1. The van der Waals surface area contributed by atoms with Gasteiger partial charge in [-0.1, -0.05) is 37.6 Å². The topological polar surface area (TPSA) is 94.3 Å². The number of benzene rings is 1. The predicted molar refractivity (Wildman–Crippen MR) is 111 cm³/mol. The first kappa shape index (κ1) is 21.8. The third-order valence-electron chi connectivity index (χ3n) is 4.78. The van der Waals surface area contributed by atoms with Gasteiger partial charge in [0.2, 0.25) is 5.91 Å². The third kappa shape index (κ3) is 5.52. The number of carboxylic acid groups (broad SMARTS) is 1. The number of carbonyl (C=O) groups excluding carboxylic acids is 1. The first-order valence-electron chi connectivity index (χ1n) is 9.53. The van der Waals surface area contributed by atoms with Crippen LogP contribution in [-0.4, -0.2) is 33.9 Å². The van der Waals surface area contributed by atoms with Crippen molar-refractivity contribution in [2.45, 2.75) is 39.5 Å². The Balaban J connectivity index is 2.38. The second-order valence-electron chi connectivity index (χ2n) is 6.80. The van der Waals surface area contributed by atoms with Crippen molar-refractivity contribution < 1.29 is 14.7 Å². The molecule has 0 saturated carbocycles. The van der Waals surface area contributed by atoms with Crippen LogP contribution in [0.4, 0.5) is 0 Å². The van der Waals surface area contributed by atoms with Crippen LogP contribution in [0, 0.1) is 11.3 Å². The summed E-state index contributed by atoms with van der Waals surface area (Å²) in [5, 5.41) is 19.0. The van der Waals surface area contributed by atoms with E-state index in [9.17, 15) is 20.0 Å². The van der Waals surface area contributed by atoms with Crippen LogP contribution in [0.1, 0.15) is 44.2 Å². The number of amides is 1. The molecule has 29 heavy (non-hydrogen) atoms. The Bertz CT molecular complexity index is 956. The van der Waals surface area contributed by atoms with Crippen LogP contribution >= 0.6 is 0 Å². The molecule has 0 aliphatic heterocycles. The summed E-state index contributed by atoms with van der Waals surface area (Å²) in [7, 11) is 1.61. The molecule has 0 bridgehead atoms. The second-order valence-corrected chi connectivity index (χ2v) is 6.80. The van der Waals surface area contributed by atoms with Crippen molar-refractivity contribution in [3.63, 3.8) is 0 Å². The largest absolute Gasteiger partial charge is 0.478 e. The van der Waals surface area contributed by atoms with E-state index in [1.54, 1.807) is 31.4 Å². The van der Waals surface area contributed by atoms with Gasteiger partial charge in [0.25, 0.3) is 0 Å². The zero-order valence-corrected chi connectivity index (χ0v) is 17.0. The molecule has 1 heterocycles. The van der Waals surface area contributed by atoms with E-state index in [1.807, 2.05) is 25.1 Å². The first-order valence-corrected chi connectivity index (χ1v) is 9.53. The summed E-state index contributed by atoms with van der Waals surface area (Å²) in [6.07, 6.45) is 4.01. The molecule has 0 aliphatic carbocycles. The predicted octanol–water partition coefficient (Wildman–Crippen LogP) is 4.17. The van der Waals surface area contributed by atoms with E-state index in [1.165, 1.54) is 11.8 Å². The summed E-state index contributed by atoms with van der Waals surface area (Å²) in [6.45, 7) is 3.45. The van der Waals surface area contributed by atoms with E-state index in [4.69, 9.17) is 0 Å². The Kier molecular flexibility index (Phi) is 7.67. The molecule has 1 amide bonds. The van der Waals surface area contributed by atoms with Gasteiger partial charge in [0, 0.05) is 37.8 Å². The fourth-order valence-electron chi connectivity index (χ4n) is 3.05. The molecule has 0 unspecified atom stereocenters. The highest BCUT2D eigenvalue weighted by Crippen LogP contribution is 2.24. The summed E-state index contributed by atoms with van der Waals surface area (Å²) in [6, 6.07) is 12.9. The van der Waals surface area contributed by atoms with E-state index >= 15 is 0 Å². The monoisotopic (exact) mass is 391 g/mol. The number of aliphatic carboxylic acids is 1. The molecule has 6 nitrogen and oxygen atoms in total. The molecular formula is C23H25N3O3. The molecule has 0 spiro atoms. The van der Waals surface area contributed by atoms with Crippen molar-refractivity contribution in [2.75, 3.05) is 7.05 Å². The minimum absolute atomic E-state index is 0.166. The number of pyridine rings is 1. The number of rotatable bonds is 8. The maximum atomic E-state index is 12.0. The fourth-order valence-corrected chi connectivity index (χ4v) is 3.05. The van der Waals surface area contributed by atoms with Crippen LogP contribution in [-0.2, 0) is 16.0 Å². The zero-order valence-electron chi connectivity index (χ0n) is 17.0. The number of nitriles is 1. The Morgan fingerprint density at radius 2 is 1.93 bits per heavy atom. The summed E-state index contributed by atoms with van der Waals surface area (Å²) < 4.78 is 0. The van der Waals surface area contributed by atoms with Crippen LogP contribution < -0.4 is 0 Å². The maximum absolute atomic E-state index is 12.0. The van der Waals surface area contributed by atoms with Crippen molar-refractivity contribution in [2.24, 2.45) is 0 Å². The van der Waals surface area contributed by atoms with Gasteiger partial charge in [-0.2, -0.15) is 5.26 Å². The van der Waals surface area contributed by atoms with E-state index < -0.39 is 5.97 Å². The number of hydrogen-bond acceptors (Lipinski definition) is 4. The fraction of sp³-hybridized carbons (Fsp3) is 0.304. The second kappa shape index (κ2) is 10.2. The third-order valence-corrected chi connectivity index (χ3v) is 4.78. The lowest BCUT2D eigenvalue weighted by molar-refractivity contribution is -0.133. The van der Waals surface area contributed by atoms with Crippen molar-refractivity contribution in [3.8, 4) is 17.3 Å². The van der Waals surface area contributed by atoms with E-state index in [2.05, 4.69) is 11.1 Å². The van der Waals surface area contributed by atoms with Crippen LogP contribution in [0.2, 0.25) is 0 Å². The van der Waals surface area contributed by atoms with Crippen molar-refractivity contribution >= 4 is 11.9 Å². The zero-order chi connectivity index (χ0) is 21.4. The molecular weight excluding hydrogens is 366 g/mol. The van der Waals surface area contributed by atoms with Gasteiger partial charge in [0.1, 0.15) is 0 Å². The highest BCUT2D eigenvalue weighted by atomic mass is 16.4. The Morgan fingerprint density at radius 3 is 2.48 bits per heavy atom. The molecule has 0 atom stereocenters. The van der Waals surface area contributed by atoms with Gasteiger partial charge in [0.15, 0.2) is 0 Å². The lowest BCUT2D eigenvalue weighted by Gasteiger charge is -2.22. The molecule has 1 N–H and O–H groups in total. The number of allylic oxidation sites excluding steroid dienone is 1. The van der Waals surface area contributed by atoms with Gasteiger partial charge in [0.05, 0.1) is 22.9 Å². The average molecular weight is 391 g/mol. The SMILES string of the molecule is CCCCC(=C(Cc1ccc(-c2ccccc2C#N)nc1)C(=O)O)N(C)C(C)=O. The van der Waals surface area contributed by atoms with Crippen LogP contribution in [0.25, 0.3) is 11.3 Å². The lowest BCUT2D eigenvalue weighted by atomic mass is 9.99. The molecule has 2 rings (SSSR count). The summed E-state index contributed by atoms with van der Waals surface area (Å²) in [4.78, 5) is 29.6. The van der Waals surface area contributed by atoms with E-state index in [0.717, 1.165) is 24.0 Å². The minimum Gasteiger partial charge on any atom is -0.478 e. The highest BCUT2D eigenvalue weighted by molar-refractivity contribution is 5.89. The smallest absolute Gasteiger partial charge is 0.333 e. The van der Waals surface area contributed by atoms with Gasteiger partial charge in [-0.15, -0.1) is 0 Å². The van der Waals surface area contributed by atoms with Crippen molar-refractivity contribution in [1.29, 1.82) is 5.26 Å². The van der Waals surface area contributed by atoms with Crippen LogP contribution in [0.15, 0.2) is 53.9 Å². The molecule has 2 aromatic rings. The molecule has 1 aromatic carbocycles. The molecule has 150 valence electrons. The number of aromatic nitrogens is 1. The quantitative estimate of drug-likeness (QED) is 0.682. The summed E-state index contributed by atoms with van der Waals surface area (Å²) in [5.41, 5.74) is 3.37. The average Bonchev–Trinajstić information content (AvgIpc) is 2.73. The van der Waals surface area contributed by atoms with Crippen molar-refractivity contribution in [1.82, 2.24) is 9.88 Å².